The third-order valence-electron chi connectivity index (χ3n) is 7.77. The van der Waals surface area contributed by atoms with E-state index in [1.807, 2.05) is 27.7 Å². The molecule has 0 heterocycles. The number of benzene rings is 2. The Balaban J connectivity index is -0.000000169. The van der Waals surface area contributed by atoms with Gasteiger partial charge in [-0.15, -0.1) is 18.2 Å². The number of hydrogen-bond donors (Lipinski definition) is 0. The SMILES string of the molecule is CC.CC.CC[C-]=CCCCCCC(C)(CCCC)Sc1ccccc1.CC[C-]=CCC[CH-]CCC[C-](CCC)Cc1ccccc1.[Y].[Y].[Y].[Y]. The van der Waals surface area contributed by atoms with E-state index < -0.39 is 0 Å². The van der Waals surface area contributed by atoms with E-state index in [2.05, 4.69) is 138 Å². The first-order valence-electron chi connectivity index (χ1n) is 19.6. The number of hydrogen-bond acceptors (Lipinski definition) is 1. The third-order valence-corrected chi connectivity index (χ3v) is 9.18. The van der Waals surface area contributed by atoms with Crippen LogP contribution in [0.25, 0.3) is 0 Å². The third kappa shape index (κ3) is 43.6. The molecule has 0 fully saturated rings. The van der Waals surface area contributed by atoms with E-state index in [4.69, 9.17) is 0 Å². The van der Waals surface area contributed by atoms with Crippen LogP contribution in [0.5, 0.6) is 0 Å². The average Bonchev–Trinajstić information content (AvgIpc) is 3.11. The maximum absolute atomic E-state index is 3.29. The largest absolute Gasteiger partial charge is 0.501 e. The van der Waals surface area contributed by atoms with Crippen molar-refractivity contribution in [2.24, 2.45) is 0 Å². The summed E-state index contributed by atoms with van der Waals surface area (Å²) in [6.45, 7) is 19.3. The molecule has 282 valence electrons. The molecule has 5 heteroatoms. The van der Waals surface area contributed by atoms with Crippen LogP contribution in [0.2, 0.25) is 0 Å². The summed E-state index contributed by atoms with van der Waals surface area (Å²) in [5.74, 6) is 1.72. The number of allylic oxidation sites excluding steroid dienone is 4. The molecule has 0 nitrogen and oxygen atoms in total. The zero-order chi connectivity index (χ0) is 35.3. The van der Waals surface area contributed by atoms with Gasteiger partial charge in [-0.2, -0.15) is 44.9 Å². The van der Waals surface area contributed by atoms with Gasteiger partial charge in [0.1, 0.15) is 0 Å². The summed E-state index contributed by atoms with van der Waals surface area (Å²) >= 11 is 2.08. The van der Waals surface area contributed by atoms with E-state index in [0.717, 1.165) is 19.3 Å². The Morgan fingerprint density at radius 1 is 0.627 bits per heavy atom. The molecular weight excluding hydrogens is 940 g/mol. The molecule has 2 aromatic rings. The van der Waals surface area contributed by atoms with Gasteiger partial charge in [0.15, 0.2) is 0 Å². The molecule has 1 unspecified atom stereocenters. The van der Waals surface area contributed by atoms with E-state index in [1.54, 1.807) is 5.92 Å². The zero-order valence-corrected chi connectivity index (χ0v) is 47.1. The van der Waals surface area contributed by atoms with E-state index in [9.17, 15) is 0 Å². The van der Waals surface area contributed by atoms with Crippen molar-refractivity contribution in [2.75, 3.05) is 0 Å². The summed E-state index contributed by atoms with van der Waals surface area (Å²) in [4.78, 5) is 1.42. The van der Waals surface area contributed by atoms with Crippen molar-refractivity contribution in [1.82, 2.24) is 0 Å². The molecule has 0 spiro atoms. The van der Waals surface area contributed by atoms with Gasteiger partial charge in [0.25, 0.3) is 0 Å². The van der Waals surface area contributed by atoms with Crippen molar-refractivity contribution in [3.05, 3.63) is 103 Å². The summed E-state index contributed by atoms with van der Waals surface area (Å²) in [5, 5.41) is 0. The monoisotopic (exact) mass is 1020 g/mol. The van der Waals surface area contributed by atoms with Crippen molar-refractivity contribution in [3.63, 3.8) is 0 Å². The molecule has 2 rings (SSSR count). The molecule has 51 heavy (non-hydrogen) atoms. The fourth-order valence-corrected chi connectivity index (χ4v) is 6.70. The van der Waals surface area contributed by atoms with Crippen molar-refractivity contribution < 1.29 is 131 Å². The van der Waals surface area contributed by atoms with Gasteiger partial charge in [-0.3, -0.25) is 12.2 Å². The first-order valence-corrected chi connectivity index (χ1v) is 20.4. The van der Waals surface area contributed by atoms with Gasteiger partial charge in [0.05, 0.1) is 0 Å². The molecule has 0 amide bonds. The van der Waals surface area contributed by atoms with Crippen LogP contribution in [0.4, 0.5) is 0 Å². The molecule has 1 atom stereocenters. The topological polar surface area (TPSA) is 0 Å². The molecule has 0 aromatic heterocycles. The van der Waals surface area contributed by atoms with Gasteiger partial charge in [0.2, 0.25) is 0 Å². The van der Waals surface area contributed by atoms with Crippen molar-refractivity contribution in [3.8, 4) is 0 Å². The Kier molecular flexibility index (Phi) is 67.7. The summed E-state index contributed by atoms with van der Waals surface area (Å²) < 4.78 is 0.392. The Labute approximate surface area is 426 Å². The molecule has 0 aliphatic rings. The van der Waals surface area contributed by atoms with Crippen molar-refractivity contribution >= 4 is 11.8 Å². The molecule has 4 radical (unpaired) electrons. The minimum absolute atomic E-state index is 0. The van der Waals surface area contributed by atoms with E-state index in [0.29, 0.717) is 4.75 Å². The Hall–Kier alpha value is 2.69. The first-order chi connectivity index (χ1) is 23.1. The second-order valence-electron chi connectivity index (χ2n) is 12.0. The maximum atomic E-state index is 3.29. The van der Waals surface area contributed by atoms with Gasteiger partial charge >= 0.3 is 0 Å². The minimum atomic E-state index is 0. The van der Waals surface area contributed by atoms with Gasteiger partial charge in [-0.1, -0.05) is 168 Å². The molecule has 0 bridgehead atoms. The number of rotatable bonds is 24. The average molecular weight is 1020 g/mol. The number of unbranched alkanes of at least 4 members (excludes halogenated alkanes) is 8. The predicted octanol–water partition coefficient (Wildman–Crippen LogP) is 16.0. The van der Waals surface area contributed by atoms with Crippen LogP contribution in [-0.2, 0) is 137 Å². The Bertz CT molecular complexity index is 919. The van der Waals surface area contributed by atoms with E-state index in [1.165, 1.54) is 107 Å². The maximum Gasteiger partial charge on any atom is 0.0179 e. The summed E-state index contributed by atoms with van der Waals surface area (Å²) in [6.07, 6.45) is 35.9. The molecule has 0 saturated carbocycles. The summed E-state index contributed by atoms with van der Waals surface area (Å²) in [6, 6.07) is 21.8. The van der Waals surface area contributed by atoms with Gasteiger partial charge < -0.3 is 24.5 Å². The molecule has 2 aromatic carbocycles. The van der Waals surface area contributed by atoms with Crippen LogP contribution >= 0.6 is 11.8 Å². The normalized spacial score (nSPS) is 11.2. The second-order valence-corrected chi connectivity index (χ2v) is 13.7. The van der Waals surface area contributed by atoms with Crippen LogP contribution < -0.4 is 0 Å². The van der Waals surface area contributed by atoms with Crippen LogP contribution in [0.1, 0.15) is 177 Å². The van der Waals surface area contributed by atoms with Gasteiger partial charge in [-0.25, -0.2) is 0 Å². The predicted molar refractivity (Wildman–Crippen MR) is 218 cm³/mol. The molecular formula is C46H76SY4-4. The second kappa shape index (κ2) is 52.7. The zero-order valence-electron chi connectivity index (χ0n) is 35.0. The van der Waals surface area contributed by atoms with Gasteiger partial charge in [0, 0.05) is 140 Å². The van der Waals surface area contributed by atoms with Crippen molar-refractivity contribution in [1.29, 1.82) is 0 Å². The van der Waals surface area contributed by atoms with Crippen LogP contribution in [0.15, 0.2) is 77.7 Å². The minimum Gasteiger partial charge on any atom is -0.501 e. The molecule has 0 saturated heterocycles. The summed E-state index contributed by atoms with van der Waals surface area (Å²) in [5.41, 5.74) is 1.46. The fraction of sp³-hybridized carbons (Fsp3) is 0.609. The standard InChI is InChI=1S/C21H33S.C21H31.2C2H6.4Y/c1-4-6-8-9-10-11-15-19-21(3,18-7-5-2)22-20-16-13-12-14-17-20;1-3-5-6-7-8-9-10-12-16-20(15-4-2)19-21-17-13-11-14-18-21;2*1-2;;;;/h8,12-14,16-17H,4-5,7,9-11,15,18-19H2,1-3H3;6,9,11,13-14,17-18H,3-4,7-8,10,12,15-16,19H2,1-2H3;2*1-2H3;;;;/q-1;-3;;;;;;. The van der Waals surface area contributed by atoms with Gasteiger partial charge in [-0.05, 0) is 25.0 Å². The van der Waals surface area contributed by atoms with Crippen LogP contribution in [-0.4, -0.2) is 4.75 Å². The van der Waals surface area contributed by atoms with Crippen LogP contribution in [0, 0.1) is 24.5 Å². The summed E-state index contributed by atoms with van der Waals surface area (Å²) in [7, 11) is 0. The Morgan fingerprint density at radius 2 is 1.18 bits per heavy atom. The number of thioether (sulfide) groups is 1. The van der Waals surface area contributed by atoms with Crippen LogP contribution in [0.3, 0.4) is 0 Å². The molecule has 0 aliphatic heterocycles. The first kappa shape index (κ1) is 65.5. The Morgan fingerprint density at radius 3 is 1.73 bits per heavy atom. The van der Waals surface area contributed by atoms with E-state index >= 15 is 0 Å². The quantitative estimate of drug-likeness (QED) is 0.0574. The van der Waals surface area contributed by atoms with E-state index in [-0.39, 0.29) is 131 Å². The van der Waals surface area contributed by atoms with Crippen molar-refractivity contribution in [2.45, 2.75) is 188 Å². The smallest absolute Gasteiger partial charge is 0.0179 e. The molecule has 0 N–H and O–H groups in total. The molecule has 0 aliphatic carbocycles. The fourth-order valence-electron chi connectivity index (χ4n) is 5.35.